The second-order valence-electron chi connectivity index (χ2n) is 7.26. The second kappa shape index (κ2) is 7.92. The molecule has 5 heteroatoms. The maximum Gasteiger partial charge on any atom is 0.244 e. The summed E-state index contributed by atoms with van der Waals surface area (Å²) in [6, 6.07) is 13.5. The lowest BCUT2D eigenvalue weighted by atomic mass is 10.1. The highest BCUT2D eigenvalue weighted by Gasteiger charge is 2.30. The van der Waals surface area contributed by atoms with Crippen molar-refractivity contribution in [2.24, 2.45) is 0 Å². The first-order valence-corrected chi connectivity index (χ1v) is 9.34. The van der Waals surface area contributed by atoms with Crippen LogP contribution in [0.4, 0.5) is 11.4 Å². The van der Waals surface area contributed by atoms with Crippen molar-refractivity contribution in [3.63, 3.8) is 0 Å². The van der Waals surface area contributed by atoms with E-state index in [1.54, 1.807) is 4.90 Å². The van der Waals surface area contributed by atoms with Gasteiger partial charge in [0.05, 0.1) is 12.6 Å². The summed E-state index contributed by atoms with van der Waals surface area (Å²) in [5.41, 5.74) is 5.21. The molecule has 0 bridgehead atoms. The molecule has 0 aromatic heterocycles. The molecule has 0 radical (unpaired) electrons. The van der Waals surface area contributed by atoms with Crippen LogP contribution < -0.4 is 10.2 Å². The Morgan fingerprint density at radius 3 is 2.67 bits per heavy atom. The maximum atomic E-state index is 12.9. The zero-order valence-electron chi connectivity index (χ0n) is 16.5. The van der Waals surface area contributed by atoms with E-state index in [1.165, 1.54) is 5.56 Å². The third-order valence-corrected chi connectivity index (χ3v) is 5.44. The zero-order valence-corrected chi connectivity index (χ0v) is 16.5. The summed E-state index contributed by atoms with van der Waals surface area (Å²) in [7, 11) is 1.81. The van der Waals surface area contributed by atoms with Crippen LogP contribution in [0.15, 0.2) is 42.5 Å². The highest BCUT2D eigenvalue weighted by Crippen LogP contribution is 2.28. The number of fused-ring (bicyclic) bond motifs is 1. The highest BCUT2D eigenvalue weighted by atomic mass is 16.2. The fraction of sp³-hybridized carbons (Fsp3) is 0.364. The third-order valence-electron chi connectivity index (χ3n) is 5.44. The minimum Gasteiger partial charge on any atom is -0.325 e. The van der Waals surface area contributed by atoms with E-state index in [2.05, 4.69) is 11.4 Å². The van der Waals surface area contributed by atoms with Crippen LogP contribution >= 0.6 is 0 Å². The maximum absolute atomic E-state index is 12.9. The van der Waals surface area contributed by atoms with Gasteiger partial charge in [0.15, 0.2) is 0 Å². The Morgan fingerprint density at radius 1 is 1.15 bits per heavy atom. The van der Waals surface area contributed by atoms with Gasteiger partial charge in [0.1, 0.15) is 0 Å². The molecule has 1 heterocycles. The summed E-state index contributed by atoms with van der Waals surface area (Å²) in [5, 5.41) is 2.96. The van der Waals surface area contributed by atoms with E-state index in [4.69, 9.17) is 0 Å². The number of para-hydroxylation sites is 1. The van der Waals surface area contributed by atoms with E-state index in [0.717, 1.165) is 28.9 Å². The van der Waals surface area contributed by atoms with Gasteiger partial charge in [0.2, 0.25) is 11.8 Å². The summed E-state index contributed by atoms with van der Waals surface area (Å²) in [5.74, 6) is -0.0883. The molecule has 2 amide bonds. The molecule has 2 aromatic carbocycles. The van der Waals surface area contributed by atoms with Crippen LogP contribution in [0, 0.1) is 13.8 Å². The molecule has 27 heavy (non-hydrogen) atoms. The number of aryl methyl sites for hydroxylation is 1. The second-order valence-corrected chi connectivity index (χ2v) is 7.26. The van der Waals surface area contributed by atoms with Gasteiger partial charge >= 0.3 is 0 Å². The van der Waals surface area contributed by atoms with Gasteiger partial charge in [-0.15, -0.1) is 0 Å². The first kappa shape index (κ1) is 19.1. The van der Waals surface area contributed by atoms with Gasteiger partial charge in [-0.2, -0.15) is 0 Å². The SMILES string of the molecule is Cc1cccc(NC(=O)CN(C)[C@@H](C)C(=O)N2CCc3ccccc32)c1C. The molecule has 0 saturated heterocycles. The minimum absolute atomic E-state index is 0.0296. The van der Waals surface area contributed by atoms with Crippen molar-refractivity contribution in [3.8, 4) is 0 Å². The summed E-state index contributed by atoms with van der Waals surface area (Å²) < 4.78 is 0. The van der Waals surface area contributed by atoms with Gasteiger partial charge in [-0.1, -0.05) is 30.3 Å². The van der Waals surface area contributed by atoms with E-state index in [1.807, 2.05) is 69.1 Å². The fourth-order valence-electron chi connectivity index (χ4n) is 3.42. The Kier molecular flexibility index (Phi) is 5.61. The molecule has 1 atom stereocenters. The average molecular weight is 365 g/mol. The first-order valence-electron chi connectivity index (χ1n) is 9.34. The van der Waals surface area contributed by atoms with Crippen LogP contribution in [0.5, 0.6) is 0 Å². The lowest BCUT2D eigenvalue weighted by molar-refractivity contribution is -0.124. The van der Waals surface area contributed by atoms with Crippen molar-refractivity contribution >= 4 is 23.2 Å². The average Bonchev–Trinajstić information content (AvgIpc) is 3.08. The Morgan fingerprint density at radius 2 is 1.89 bits per heavy atom. The predicted octanol–water partition coefficient (Wildman–Crippen LogP) is 3.15. The number of carbonyl (C=O) groups is 2. The first-order chi connectivity index (χ1) is 12.9. The molecule has 0 fully saturated rings. The number of amides is 2. The summed E-state index contributed by atoms with van der Waals surface area (Å²) in [4.78, 5) is 29.0. The van der Waals surface area contributed by atoms with E-state index in [0.29, 0.717) is 6.54 Å². The number of nitrogens with one attached hydrogen (secondary N) is 1. The normalized spacial score (nSPS) is 14.2. The lowest BCUT2D eigenvalue weighted by Crippen LogP contribution is -2.47. The number of rotatable bonds is 5. The zero-order chi connectivity index (χ0) is 19.6. The number of carbonyl (C=O) groups excluding carboxylic acids is 2. The van der Waals surface area contributed by atoms with Gasteiger partial charge in [0.25, 0.3) is 0 Å². The largest absolute Gasteiger partial charge is 0.325 e. The van der Waals surface area contributed by atoms with Gasteiger partial charge in [-0.3, -0.25) is 14.5 Å². The molecule has 5 nitrogen and oxygen atoms in total. The van der Waals surface area contributed by atoms with Gasteiger partial charge in [-0.25, -0.2) is 0 Å². The number of anilines is 2. The molecule has 0 saturated carbocycles. The third kappa shape index (κ3) is 4.03. The summed E-state index contributed by atoms with van der Waals surface area (Å²) in [6.07, 6.45) is 0.880. The molecule has 3 rings (SSSR count). The van der Waals surface area contributed by atoms with Gasteiger partial charge in [-0.05, 0) is 63.1 Å². The minimum atomic E-state index is -0.375. The van der Waals surface area contributed by atoms with E-state index >= 15 is 0 Å². The molecule has 2 aromatic rings. The molecular formula is C22H27N3O2. The number of benzene rings is 2. The van der Waals surface area contributed by atoms with Crippen LogP contribution in [-0.2, 0) is 16.0 Å². The number of nitrogens with zero attached hydrogens (tertiary/aromatic N) is 2. The number of hydrogen-bond donors (Lipinski definition) is 1. The molecule has 142 valence electrons. The smallest absolute Gasteiger partial charge is 0.244 e. The summed E-state index contributed by atoms with van der Waals surface area (Å²) >= 11 is 0. The topological polar surface area (TPSA) is 52.7 Å². The monoisotopic (exact) mass is 365 g/mol. The number of likely N-dealkylation sites (N-methyl/N-ethyl adjacent to an activating group) is 1. The van der Waals surface area contributed by atoms with Crippen LogP contribution in [0.25, 0.3) is 0 Å². The van der Waals surface area contributed by atoms with E-state index in [9.17, 15) is 9.59 Å². The molecule has 1 aliphatic rings. The van der Waals surface area contributed by atoms with Crippen molar-refractivity contribution in [3.05, 3.63) is 59.2 Å². The van der Waals surface area contributed by atoms with Crippen molar-refractivity contribution in [1.29, 1.82) is 0 Å². The molecular weight excluding hydrogens is 338 g/mol. The summed E-state index contributed by atoms with van der Waals surface area (Å²) in [6.45, 7) is 6.73. The Hall–Kier alpha value is -2.66. The predicted molar refractivity (Wildman–Crippen MR) is 109 cm³/mol. The van der Waals surface area contributed by atoms with Gasteiger partial charge in [0, 0.05) is 17.9 Å². The van der Waals surface area contributed by atoms with Crippen LogP contribution in [0.1, 0.15) is 23.6 Å². The Balaban J connectivity index is 1.62. The molecule has 1 aliphatic heterocycles. The quantitative estimate of drug-likeness (QED) is 0.886. The van der Waals surface area contributed by atoms with Crippen LogP contribution in [0.3, 0.4) is 0 Å². The van der Waals surface area contributed by atoms with Gasteiger partial charge < -0.3 is 10.2 Å². The lowest BCUT2D eigenvalue weighted by Gasteiger charge is -2.28. The molecule has 1 N–H and O–H groups in total. The standard InChI is InChI=1S/C22H27N3O2/c1-15-8-7-10-19(16(15)2)23-21(26)14-24(4)17(3)22(27)25-13-12-18-9-5-6-11-20(18)25/h5-11,17H,12-14H2,1-4H3,(H,23,26)/t17-/m0/s1. The van der Waals surface area contributed by atoms with Crippen molar-refractivity contribution in [2.45, 2.75) is 33.2 Å². The van der Waals surface area contributed by atoms with E-state index < -0.39 is 0 Å². The molecule has 0 spiro atoms. The molecule has 0 aliphatic carbocycles. The fourth-order valence-corrected chi connectivity index (χ4v) is 3.42. The molecule has 0 unspecified atom stereocenters. The van der Waals surface area contributed by atoms with Crippen molar-refractivity contribution < 1.29 is 9.59 Å². The highest BCUT2D eigenvalue weighted by molar-refractivity contribution is 5.99. The van der Waals surface area contributed by atoms with Crippen molar-refractivity contribution in [1.82, 2.24) is 4.90 Å². The Labute approximate surface area is 161 Å². The Bertz CT molecular complexity index is 862. The van der Waals surface area contributed by atoms with Crippen molar-refractivity contribution in [2.75, 3.05) is 30.4 Å². The van der Waals surface area contributed by atoms with Crippen LogP contribution in [-0.4, -0.2) is 42.9 Å². The van der Waals surface area contributed by atoms with Crippen LogP contribution in [0.2, 0.25) is 0 Å². The number of hydrogen-bond acceptors (Lipinski definition) is 3. The van der Waals surface area contributed by atoms with E-state index in [-0.39, 0.29) is 24.4 Å².